The van der Waals surface area contributed by atoms with Gasteiger partial charge in [0, 0.05) is 63.5 Å². The SMILES string of the molecule is CNC(=O)COc1cncc(Nc2ncc(F)c(-c3c[nH]c4c(NC(=O)C(COC)N5CCN(C)CC5)cccc34)n2)c1. The Kier molecular flexibility index (Phi) is 9.39. The van der Waals surface area contributed by atoms with Crippen molar-refractivity contribution in [2.75, 3.05) is 71.2 Å². The van der Waals surface area contributed by atoms with E-state index >= 15 is 4.39 Å². The minimum absolute atomic E-state index is 0.0712. The molecule has 1 unspecified atom stereocenters. The van der Waals surface area contributed by atoms with Gasteiger partial charge in [-0.05, 0) is 13.1 Å². The van der Waals surface area contributed by atoms with Gasteiger partial charge in [-0.25, -0.2) is 14.4 Å². The third-order valence-electron chi connectivity index (χ3n) is 7.20. The standard InChI is InChI=1S/C29H34FN9O4/c1-31-25(40)17-43-19-11-18(12-32-13-19)35-29-34-15-22(30)26(37-29)21-14-33-27-20(21)5-4-6-23(27)36-28(41)24(16-42-3)39-9-7-38(2)8-10-39/h4-6,11-15,24,33H,7-10,16-17H2,1-3H3,(H,31,40)(H,36,41)(H,34,35,37). The third kappa shape index (κ3) is 7.05. The molecule has 2 amide bonds. The van der Waals surface area contributed by atoms with Gasteiger partial charge in [-0.15, -0.1) is 0 Å². The molecule has 4 heterocycles. The predicted molar refractivity (Wildman–Crippen MR) is 160 cm³/mol. The molecule has 0 radical (unpaired) electrons. The number of carbonyl (C=O) groups excluding carboxylic acids is 2. The zero-order valence-corrected chi connectivity index (χ0v) is 24.2. The van der Waals surface area contributed by atoms with Crippen molar-refractivity contribution in [2.45, 2.75) is 6.04 Å². The average molecular weight is 592 g/mol. The van der Waals surface area contributed by atoms with Gasteiger partial charge >= 0.3 is 0 Å². The Morgan fingerprint density at radius 3 is 2.74 bits per heavy atom. The Morgan fingerprint density at radius 2 is 1.98 bits per heavy atom. The van der Waals surface area contributed by atoms with Crippen LogP contribution >= 0.6 is 0 Å². The number of nitrogens with zero attached hydrogens (tertiary/aromatic N) is 5. The van der Waals surface area contributed by atoms with Crippen molar-refractivity contribution in [1.82, 2.24) is 35.1 Å². The number of pyridine rings is 1. The van der Waals surface area contributed by atoms with Crippen molar-refractivity contribution < 1.29 is 23.5 Å². The van der Waals surface area contributed by atoms with Crippen LogP contribution in [0.5, 0.6) is 5.75 Å². The first-order valence-corrected chi connectivity index (χ1v) is 13.8. The molecule has 0 aliphatic carbocycles. The van der Waals surface area contributed by atoms with E-state index in [2.05, 4.69) is 52.7 Å². The van der Waals surface area contributed by atoms with Crippen LogP contribution in [-0.2, 0) is 14.3 Å². The summed E-state index contributed by atoms with van der Waals surface area (Å²) in [5.41, 5.74) is 2.26. The summed E-state index contributed by atoms with van der Waals surface area (Å²) in [5, 5.41) is 9.19. The lowest BCUT2D eigenvalue weighted by atomic mass is 10.1. The van der Waals surface area contributed by atoms with Crippen molar-refractivity contribution in [3.05, 3.63) is 54.9 Å². The van der Waals surface area contributed by atoms with E-state index < -0.39 is 11.9 Å². The molecule has 1 aliphatic rings. The Morgan fingerprint density at radius 1 is 1.16 bits per heavy atom. The molecule has 3 aromatic heterocycles. The van der Waals surface area contributed by atoms with Gasteiger partial charge in [0.15, 0.2) is 12.4 Å². The number of likely N-dealkylation sites (N-methyl/N-ethyl adjacent to an activating group) is 2. The first-order chi connectivity index (χ1) is 20.9. The number of H-pyrrole nitrogens is 1. The smallest absolute Gasteiger partial charge is 0.257 e. The van der Waals surface area contributed by atoms with Crippen LogP contribution in [0, 0.1) is 5.82 Å². The minimum atomic E-state index is -0.614. The second kappa shape index (κ2) is 13.5. The fourth-order valence-corrected chi connectivity index (χ4v) is 4.84. The second-order valence-corrected chi connectivity index (χ2v) is 10.1. The molecule has 1 aromatic carbocycles. The van der Waals surface area contributed by atoms with E-state index in [1.165, 1.54) is 19.4 Å². The van der Waals surface area contributed by atoms with Crippen molar-refractivity contribution >= 4 is 40.0 Å². The topological polar surface area (TPSA) is 150 Å². The Hall–Kier alpha value is -4.66. The Labute approximate surface area is 247 Å². The summed E-state index contributed by atoms with van der Waals surface area (Å²) in [6.45, 7) is 3.38. The number of rotatable bonds is 11. The van der Waals surface area contributed by atoms with Crippen LogP contribution in [-0.4, -0.2) is 108 Å². The molecule has 13 nitrogen and oxygen atoms in total. The summed E-state index contributed by atoms with van der Waals surface area (Å²) in [4.78, 5) is 45.0. The number of piperazine rings is 1. The maximum Gasteiger partial charge on any atom is 0.257 e. The average Bonchev–Trinajstić information content (AvgIpc) is 3.45. The molecule has 1 aliphatic heterocycles. The van der Waals surface area contributed by atoms with E-state index in [1.807, 2.05) is 6.07 Å². The third-order valence-corrected chi connectivity index (χ3v) is 7.20. The fourth-order valence-electron chi connectivity index (χ4n) is 4.84. The number of aromatic nitrogens is 4. The Balaban J connectivity index is 1.36. The highest BCUT2D eigenvalue weighted by Gasteiger charge is 2.29. The van der Waals surface area contributed by atoms with Gasteiger partial charge in [-0.2, -0.15) is 0 Å². The van der Waals surface area contributed by atoms with Gasteiger partial charge in [-0.3, -0.25) is 19.5 Å². The first-order valence-electron chi connectivity index (χ1n) is 13.8. The molecule has 0 bridgehead atoms. The van der Waals surface area contributed by atoms with Crippen molar-refractivity contribution in [1.29, 1.82) is 0 Å². The number of benzene rings is 1. The van der Waals surface area contributed by atoms with Crippen LogP contribution in [0.4, 0.5) is 21.7 Å². The molecule has 4 aromatic rings. The van der Waals surface area contributed by atoms with Crippen LogP contribution < -0.4 is 20.7 Å². The number of para-hydroxylation sites is 1. The number of nitrogens with one attached hydrogen (secondary N) is 4. The Bertz CT molecular complexity index is 1590. The summed E-state index contributed by atoms with van der Waals surface area (Å²) < 4.78 is 25.9. The van der Waals surface area contributed by atoms with E-state index in [-0.39, 0.29) is 36.7 Å². The van der Waals surface area contributed by atoms with E-state index in [9.17, 15) is 9.59 Å². The summed E-state index contributed by atoms with van der Waals surface area (Å²) in [6, 6.07) is 6.60. The lowest BCUT2D eigenvalue weighted by molar-refractivity contribution is -0.124. The summed E-state index contributed by atoms with van der Waals surface area (Å²) in [5.74, 6) is -0.574. The van der Waals surface area contributed by atoms with Crippen molar-refractivity contribution in [3.63, 3.8) is 0 Å². The van der Waals surface area contributed by atoms with Crippen molar-refractivity contribution in [3.8, 4) is 17.0 Å². The number of carbonyl (C=O) groups is 2. The second-order valence-electron chi connectivity index (χ2n) is 10.1. The molecule has 5 rings (SSSR count). The molecule has 1 fully saturated rings. The molecule has 1 saturated heterocycles. The number of ether oxygens (including phenoxy) is 2. The molecule has 1 atom stereocenters. The lowest BCUT2D eigenvalue weighted by Crippen LogP contribution is -2.54. The van der Waals surface area contributed by atoms with E-state index in [0.29, 0.717) is 33.6 Å². The van der Waals surface area contributed by atoms with Crippen LogP contribution in [0.15, 0.2) is 49.1 Å². The minimum Gasteiger partial charge on any atom is -0.482 e. The number of halogens is 1. The molecule has 226 valence electrons. The number of aromatic amines is 1. The predicted octanol–water partition coefficient (Wildman–Crippen LogP) is 2.23. The van der Waals surface area contributed by atoms with Crippen LogP contribution in [0.1, 0.15) is 0 Å². The lowest BCUT2D eigenvalue weighted by Gasteiger charge is -2.36. The van der Waals surface area contributed by atoms with E-state index in [1.54, 1.807) is 31.5 Å². The van der Waals surface area contributed by atoms with Crippen LogP contribution in [0.25, 0.3) is 22.2 Å². The van der Waals surface area contributed by atoms with Gasteiger partial charge < -0.3 is 35.3 Å². The quantitative estimate of drug-likeness (QED) is 0.205. The number of anilines is 3. The van der Waals surface area contributed by atoms with Gasteiger partial charge in [-0.1, -0.05) is 12.1 Å². The van der Waals surface area contributed by atoms with Gasteiger partial charge in [0.05, 0.1) is 42.1 Å². The fraction of sp³-hybridized carbons (Fsp3) is 0.345. The van der Waals surface area contributed by atoms with E-state index in [4.69, 9.17) is 9.47 Å². The molecular formula is C29H34FN9O4. The zero-order valence-electron chi connectivity index (χ0n) is 24.2. The highest BCUT2D eigenvalue weighted by molar-refractivity contribution is 6.06. The highest BCUT2D eigenvalue weighted by Crippen LogP contribution is 2.33. The first kappa shape index (κ1) is 29.8. The summed E-state index contributed by atoms with van der Waals surface area (Å²) >= 11 is 0. The zero-order chi connectivity index (χ0) is 30.3. The molecule has 14 heteroatoms. The number of fused-ring (bicyclic) bond motifs is 1. The van der Waals surface area contributed by atoms with Gasteiger partial charge in [0.2, 0.25) is 11.9 Å². The van der Waals surface area contributed by atoms with Crippen molar-refractivity contribution in [2.24, 2.45) is 0 Å². The van der Waals surface area contributed by atoms with Crippen LogP contribution in [0.2, 0.25) is 0 Å². The van der Waals surface area contributed by atoms with Gasteiger partial charge in [0.25, 0.3) is 5.91 Å². The van der Waals surface area contributed by atoms with Gasteiger partial charge in [0.1, 0.15) is 17.5 Å². The summed E-state index contributed by atoms with van der Waals surface area (Å²) in [7, 11) is 5.17. The molecular weight excluding hydrogens is 557 g/mol. The highest BCUT2D eigenvalue weighted by atomic mass is 19.1. The maximum absolute atomic E-state index is 15.1. The molecule has 0 saturated carbocycles. The monoisotopic (exact) mass is 591 g/mol. The maximum atomic E-state index is 15.1. The molecule has 4 N–H and O–H groups in total. The number of hydrogen-bond donors (Lipinski definition) is 4. The van der Waals surface area contributed by atoms with Crippen LogP contribution in [0.3, 0.4) is 0 Å². The number of amides is 2. The molecule has 43 heavy (non-hydrogen) atoms. The molecule has 0 spiro atoms. The number of hydrogen-bond acceptors (Lipinski definition) is 10. The largest absolute Gasteiger partial charge is 0.482 e. The number of methoxy groups -OCH3 is 1. The normalized spacial score (nSPS) is 14.8. The van der Waals surface area contributed by atoms with E-state index in [0.717, 1.165) is 32.4 Å². The summed E-state index contributed by atoms with van der Waals surface area (Å²) in [6.07, 6.45) is 5.73.